The van der Waals surface area contributed by atoms with Gasteiger partial charge < -0.3 is 10.7 Å². The number of aromatic amines is 1. The van der Waals surface area contributed by atoms with E-state index in [1.54, 1.807) is 24.4 Å². The Morgan fingerprint density at radius 3 is 2.59 bits per heavy atom. The molecular weight excluding hydrogens is 216 g/mol. The maximum atomic E-state index is 11.2. The van der Waals surface area contributed by atoms with Crippen molar-refractivity contribution in [3.8, 4) is 0 Å². The molecule has 1 heterocycles. The van der Waals surface area contributed by atoms with E-state index in [1.165, 1.54) is 6.07 Å². The van der Waals surface area contributed by atoms with E-state index in [1.807, 2.05) is 12.1 Å². The van der Waals surface area contributed by atoms with Crippen LogP contribution < -0.4 is 11.3 Å². The molecule has 0 radical (unpaired) electrons. The molecule has 0 spiro atoms. The molecule has 0 unspecified atom stereocenters. The van der Waals surface area contributed by atoms with E-state index in [4.69, 9.17) is 5.73 Å². The van der Waals surface area contributed by atoms with Gasteiger partial charge in [-0.1, -0.05) is 24.3 Å². The summed E-state index contributed by atoms with van der Waals surface area (Å²) in [7, 11) is 0. The summed E-state index contributed by atoms with van der Waals surface area (Å²) in [6, 6.07) is 10.4. The molecular formula is C13H12N2O2. The molecule has 2 rings (SSSR count). The second kappa shape index (κ2) is 4.65. The number of primary amides is 1. The van der Waals surface area contributed by atoms with Crippen LogP contribution in [0.15, 0.2) is 47.4 Å². The highest BCUT2D eigenvalue weighted by Crippen LogP contribution is 2.12. The second-order valence-electron chi connectivity index (χ2n) is 3.76. The van der Waals surface area contributed by atoms with Gasteiger partial charge in [-0.25, -0.2) is 0 Å². The lowest BCUT2D eigenvalue weighted by Gasteiger charge is -2.06. The van der Waals surface area contributed by atoms with E-state index in [0.29, 0.717) is 12.0 Å². The number of benzene rings is 1. The van der Waals surface area contributed by atoms with Crippen molar-refractivity contribution >= 4 is 5.91 Å². The van der Waals surface area contributed by atoms with Gasteiger partial charge in [0.1, 0.15) is 0 Å². The fourth-order valence-electron chi connectivity index (χ4n) is 1.69. The van der Waals surface area contributed by atoms with Crippen molar-refractivity contribution in [2.24, 2.45) is 5.73 Å². The van der Waals surface area contributed by atoms with Gasteiger partial charge in [0.2, 0.25) is 11.5 Å². The van der Waals surface area contributed by atoms with Gasteiger partial charge in [0.15, 0.2) is 0 Å². The average molecular weight is 228 g/mol. The standard InChI is InChI=1S/C13H12N2O2/c14-13(17)11-4-2-1-3-10(11)7-9-5-6-12(16)15-8-9/h1-6,8H,7H2,(H2,14,17)(H,15,16). The molecule has 17 heavy (non-hydrogen) atoms. The van der Waals surface area contributed by atoms with Crippen molar-refractivity contribution in [2.45, 2.75) is 6.42 Å². The number of hydrogen-bond donors (Lipinski definition) is 2. The minimum Gasteiger partial charge on any atom is -0.366 e. The molecule has 0 bridgehead atoms. The van der Waals surface area contributed by atoms with Crippen LogP contribution in [-0.2, 0) is 6.42 Å². The molecule has 4 heteroatoms. The zero-order valence-electron chi connectivity index (χ0n) is 9.14. The summed E-state index contributed by atoms with van der Waals surface area (Å²) < 4.78 is 0. The predicted octanol–water partition coefficient (Wildman–Crippen LogP) is 1.06. The van der Waals surface area contributed by atoms with Gasteiger partial charge in [-0.15, -0.1) is 0 Å². The first-order valence-corrected chi connectivity index (χ1v) is 5.22. The lowest BCUT2D eigenvalue weighted by molar-refractivity contribution is 0.0999. The minimum atomic E-state index is -0.440. The molecule has 3 N–H and O–H groups in total. The van der Waals surface area contributed by atoms with Gasteiger partial charge in [-0.3, -0.25) is 9.59 Å². The van der Waals surface area contributed by atoms with Crippen molar-refractivity contribution in [3.63, 3.8) is 0 Å². The highest BCUT2D eigenvalue weighted by molar-refractivity contribution is 5.94. The Hall–Kier alpha value is -2.36. The van der Waals surface area contributed by atoms with Gasteiger partial charge in [0.25, 0.3) is 0 Å². The molecule has 0 saturated heterocycles. The van der Waals surface area contributed by atoms with Crippen LogP contribution in [0, 0.1) is 0 Å². The summed E-state index contributed by atoms with van der Waals surface area (Å²) >= 11 is 0. The summed E-state index contributed by atoms with van der Waals surface area (Å²) in [5.74, 6) is -0.440. The van der Waals surface area contributed by atoms with Crippen LogP contribution in [0.25, 0.3) is 0 Å². The maximum absolute atomic E-state index is 11.2. The molecule has 0 aliphatic rings. The van der Waals surface area contributed by atoms with Crippen molar-refractivity contribution < 1.29 is 4.79 Å². The van der Waals surface area contributed by atoms with E-state index in [-0.39, 0.29) is 5.56 Å². The van der Waals surface area contributed by atoms with E-state index in [9.17, 15) is 9.59 Å². The highest BCUT2D eigenvalue weighted by atomic mass is 16.1. The van der Waals surface area contributed by atoms with Gasteiger partial charge in [-0.2, -0.15) is 0 Å². The molecule has 0 atom stereocenters. The molecule has 0 aliphatic heterocycles. The average Bonchev–Trinajstić information content (AvgIpc) is 2.32. The first kappa shape index (κ1) is 11.1. The van der Waals surface area contributed by atoms with Gasteiger partial charge in [0.05, 0.1) is 0 Å². The van der Waals surface area contributed by atoms with Crippen LogP contribution in [0.3, 0.4) is 0 Å². The molecule has 2 aromatic rings. The van der Waals surface area contributed by atoms with Gasteiger partial charge in [0, 0.05) is 17.8 Å². The molecule has 1 aromatic carbocycles. The molecule has 0 saturated carbocycles. The molecule has 4 nitrogen and oxygen atoms in total. The zero-order valence-corrected chi connectivity index (χ0v) is 9.14. The summed E-state index contributed by atoms with van der Waals surface area (Å²) in [4.78, 5) is 24.7. The van der Waals surface area contributed by atoms with Crippen LogP contribution in [0.5, 0.6) is 0 Å². The Labute approximate surface area is 98.1 Å². The smallest absolute Gasteiger partial charge is 0.248 e. The molecule has 86 valence electrons. The zero-order chi connectivity index (χ0) is 12.3. The van der Waals surface area contributed by atoms with Crippen molar-refractivity contribution in [1.29, 1.82) is 0 Å². The first-order valence-electron chi connectivity index (χ1n) is 5.22. The second-order valence-corrected chi connectivity index (χ2v) is 3.76. The van der Waals surface area contributed by atoms with Crippen molar-refractivity contribution in [2.75, 3.05) is 0 Å². The summed E-state index contributed by atoms with van der Waals surface area (Å²) in [5.41, 5.74) is 7.45. The third-order valence-corrected chi connectivity index (χ3v) is 2.53. The third kappa shape index (κ3) is 2.60. The Balaban J connectivity index is 2.33. The first-order chi connectivity index (χ1) is 8.16. The van der Waals surface area contributed by atoms with Crippen LogP contribution in [0.4, 0.5) is 0 Å². The van der Waals surface area contributed by atoms with Gasteiger partial charge >= 0.3 is 0 Å². The molecule has 0 fully saturated rings. The third-order valence-electron chi connectivity index (χ3n) is 2.53. The van der Waals surface area contributed by atoms with E-state index < -0.39 is 5.91 Å². The molecule has 1 aromatic heterocycles. The number of hydrogen-bond acceptors (Lipinski definition) is 2. The van der Waals surface area contributed by atoms with Crippen molar-refractivity contribution in [1.82, 2.24) is 4.98 Å². The quantitative estimate of drug-likeness (QED) is 0.824. The highest BCUT2D eigenvalue weighted by Gasteiger charge is 2.07. The van der Waals surface area contributed by atoms with E-state index in [2.05, 4.69) is 4.98 Å². The normalized spacial score (nSPS) is 10.1. The largest absolute Gasteiger partial charge is 0.366 e. The Kier molecular flexibility index (Phi) is 3.05. The SMILES string of the molecule is NC(=O)c1ccccc1Cc1ccc(=O)[nH]c1. The number of amides is 1. The van der Waals surface area contributed by atoms with Crippen LogP contribution in [0.2, 0.25) is 0 Å². The predicted molar refractivity (Wildman–Crippen MR) is 64.8 cm³/mol. The van der Waals surface area contributed by atoms with E-state index >= 15 is 0 Å². The lowest BCUT2D eigenvalue weighted by Crippen LogP contribution is -2.14. The summed E-state index contributed by atoms with van der Waals surface area (Å²) in [5, 5.41) is 0. The maximum Gasteiger partial charge on any atom is 0.248 e. The van der Waals surface area contributed by atoms with Crippen LogP contribution in [-0.4, -0.2) is 10.9 Å². The van der Waals surface area contributed by atoms with E-state index in [0.717, 1.165) is 11.1 Å². The number of carbonyl (C=O) groups is 1. The Morgan fingerprint density at radius 2 is 1.94 bits per heavy atom. The number of pyridine rings is 1. The number of H-pyrrole nitrogens is 1. The van der Waals surface area contributed by atoms with Crippen LogP contribution in [0.1, 0.15) is 21.5 Å². The molecule has 1 amide bonds. The monoisotopic (exact) mass is 228 g/mol. The number of nitrogens with one attached hydrogen (secondary N) is 1. The number of nitrogens with two attached hydrogens (primary N) is 1. The number of rotatable bonds is 3. The molecule has 0 aliphatic carbocycles. The topological polar surface area (TPSA) is 76.0 Å². The summed E-state index contributed by atoms with van der Waals surface area (Å²) in [6.07, 6.45) is 2.20. The number of carbonyl (C=O) groups excluding carboxylic acids is 1. The van der Waals surface area contributed by atoms with Crippen molar-refractivity contribution in [3.05, 3.63) is 69.6 Å². The fourth-order valence-corrected chi connectivity index (χ4v) is 1.69. The number of aromatic nitrogens is 1. The lowest BCUT2D eigenvalue weighted by atomic mass is 10.0. The van der Waals surface area contributed by atoms with Gasteiger partial charge in [-0.05, 0) is 23.6 Å². The Bertz CT molecular complexity index is 582. The van der Waals surface area contributed by atoms with Crippen LogP contribution >= 0.6 is 0 Å². The fraction of sp³-hybridized carbons (Fsp3) is 0.0769. The Morgan fingerprint density at radius 1 is 1.18 bits per heavy atom. The summed E-state index contributed by atoms with van der Waals surface area (Å²) in [6.45, 7) is 0. The minimum absolute atomic E-state index is 0.142.